The third-order valence-electron chi connectivity index (χ3n) is 5.70. The van der Waals surface area contributed by atoms with Crippen molar-refractivity contribution in [1.82, 2.24) is 14.7 Å². The number of anilines is 1. The molecule has 1 saturated heterocycles. The number of hydrogen-bond acceptors (Lipinski definition) is 6. The number of benzene rings is 2. The van der Waals surface area contributed by atoms with E-state index in [1.165, 1.54) is 35.6 Å². The van der Waals surface area contributed by atoms with E-state index in [1.807, 2.05) is 13.8 Å². The molecule has 2 aromatic carbocycles. The molecule has 0 radical (unpaired) electrons. The van der Waals surface area contributed by atoms with E-state index >= 15 is 0 Å². The molecule has 32 heavy (non-hydrogen) atoms. The molecule has 0 aliphatic carbocycles. The molecule has 0 bridgehead atoms. The van der Waals surface area contributed by atoms with E-state index in [0.29, 0.717) is 35.6 Å². The number of nitrogens with zero attached hydrogens (tertiary/aromatic N) is 2. The van der Waals surface area contributed by atoms with Gasteiger partial charge in [0.25, 0.3) is 5.91 Å². The second kappa shape index (κ2) is 8.80. The average Bonchev–Trinajstić information content (AvgIpc) is 3.14. The summed E-state index contributed by atoms with van der Waals surface area (Å²) in [6, 6.07) is 10.2. The minimum atomic E-state index is -3.57. The number of aryl methyl sites for hydroxylation is 2. The summed E-state index contributed by atoms with van der Waals surface area (Å²) in [5, 5.41) is 0.592. The van der Waals surface area contributed by atoms with Gasteiger partial charge in [0.1, 0.15) is 0 Å². The van der Waals surface area contributed by atoms with Crippen LogP contribution in [0.4, 0.5) is 5.13 Å². The van der Waals surface area contributed by atoms with Crippen molar-refractivity contribution in [2.75, 3.05) is 18.5 Å². The highest BCUT2D eigenvalue weighted by molar-refractivity contribution is 7.89. The fourth-order valence-corrected chi connectivity index (χ4v) is 7.01. The lowest BCUT2D eigenvalue weighted by atomic mass is 9.94. The lowest BCUT2D eigenvalue weighted by Gasteiger charge is -2.34. The average molecular weight is 473 g/mol. The number of thiazole rings is 1. The van der Waals surface area contributed by atoms with Crippen molar-refractivity contribution < 1.29 is 13.2 Å². The summed E-state index contributed by atoms with van der Waals surface area (Å²) in [5.74, 6) is 0.307. The van der Waals surface area contributed by atoms with E-state index in [-0.39, 0.29) is 10.8 Å². The maximum atomic E-state index is 13.0. The molecular formula is C23H28N4O3S2. The Morgan fingerprint density at radius 2 is 1.75 bits per heavy atom. The minimum Gasteiger partial charge on any atom is -0.273 e. The topological polar surface area (TPSA) is 91.4 Å². The van der Waals surface area contributed by atoms with Gasteiger partial charge < -0.3 is 0 Å². The second-order valence-electron chi connectivity index (χ2n) is 8.82. The van der Waals surface area contributed by atoms with Crippen LogP contribution in [0.15, 0.2) is 41.3 Å². The summed E-state index contributed by atoms with van der Waals surface area (Å²) in [6.45, 7) is 9.26. The van der Waals surface area contributed by atoms with E-state index in [4.69, 9.17) is 0 Å². The zero-order valence-electron chi connectivity index (χ0n) is 18.7. The number of piperidine rings is 1. The highest BCUT2D eigenvalue weighted by Crippen LogP contribution is 2.29. The number of aromatic nitrogens is 1. The summed E-state index contributed by atoms with van der Waals surface area (Å²) in [7, 11) is -3.57. The Labute approximate surface area is 192 Å². The highest BCUT2D eigenvalue weighted by Gasteiger charge is 2.31. The molecule has 3 aromatic rings. The molecule has 0 spiro atoms. The van der Waals surface area contributed by atoms with Crippen LogP contribution in [0.3, 0.4) is 0 Å². The first-order chi connectivity index (χ1) is 15.1. The van der Waals surface area contributed by atoms with Gasteiger partial charge in [-0.05, 0) is 73.6 Å². The van der Waals surface area contributed by atoms with Crippen molar-refractivity contribution in [2.45, 2.75) is 39.0 Å². The minimum absolute atomic E-state index is 0.209. The predicted octanol–water partition coefficient (Wildman–Crippen LogP) is 4.34. The molecule has 0 saturated carbocycles. The summed E-state index contributed by atoms with van der Waals surface area (Å²) < 4.78 is 28.6. The number of sulfonamides is 1. The van der Waals surface area contributed by atoms with Crippen molar-refractivity contribution in [3.05, 3.63) is 53.1 Å². The molecule has 2 N–H and O–H groups in total. The largest absolute Gasteiger partial charge is 0.273 e. The molecule has 170 valence electrons. The standard InChI is InChI=1S/C23H28N4O3S2/c1-14-10-17(4)21-20(11-14)31-23(24-21)26-25-22(28)18-5-7-19(8-6-18)32(29,30)27-12-15(2)9-16(3)13-27/h5-8,10-11,15-16H,9,12-13H2,1-4H3,(H,24,26)(H,25,28)/t15-,16+. The van der Waals surface area contributed by atoms with E-state index in [9.17, 15) is 13.2 Å². The SMILES string of the molecule is Cc1cc(C)c2nc(NNC(=O)c3ccc(S(=O)(=O)N4C[C@H](C)C[C@H](C)C4)cc3)sc2c1. The van der Waals surface area contributed by atoms with Gasteiger partial charge in [-0.3, -0.25) is 15.6 Å². The van der Waals surface area contributed by atoms with Crippen LogP contribution < -0.4 is 10.9 Å². The smallest absolute Gasteiger partial charge is 0.269 e. The first-order valence-electron chi connectivity index (χ1n) is 10.7. The molecular weight excluding hydrogens is 444 g/mol. The van der Waals surface area contributed by atoms with Crippen LogP contribution in [0, 0.1) is 25.7 Å². The maximum Gasteiger partial charge on any atom is 0.269 e. The van der Waals surface area contributed by atoms with Gasteiger partial charge >= 0.3 is 0 Å². The van der Waals surface area contributed by atoms with Crippen molar-refractivity contribution in [3.8, 4) is 0 Å². The van der Waals surface area contributed by atoms with Crippen molar-refractivity contribution in [1.29, 1.82) is 0 Å². The Morgan fingerprint density at radius 1 is 1.09 bits per heavy atom. The van der Waals surface area contributed by atoms with Crippen molar-refractivity contribution in [2.24, 2.45) is 11.8 Å². The second-order valence-corrected chi connectivity index (χ2v) is 11.8. The quantitative estimate of drug-likeness (QED) is 0.539. The van der Waals surface area contributed by atoms with Crippen molar-refractivity contribution >= 4 is 42.6 Å². The Balaban J connectivity index is 1.44. The van der Waals surface area contributed by atoms with Crippen LogP contribution in [0.5, 0.6) is 0 Å². The number of fused-ring (bicyclic) bond motifs is 1. The number of rotatable bonds is 5. The normalized spacial score (nSPS) is 19.8. The predicted molar refractivity (Wildman–Crippen MR) is 128 cm³/mol. The molecule has 1 aromatic heterocycles. The monoisotopic (exact) mass is 472 g/mol. The van der Waals surface area contributed by atoms with Gasteiger partial charge in [0.05, 0.1) is 15.1 Å². The zero-order valence-corrected chi connectivity index (χ0v) is 20.3. The third kappa shape index (κ3) is 4.65. The van der Waals surface area contributed by atoms with Crippen LogP contribution >= 0.6 is 11.3 Å². The third-order valence-corrected chi connectivity index (χ3v) is 8.47. The number of nitrogens with one attached hydrogen (secondary N) is 2. The van der Waals surface area contributed by atoms with Gasteiger partial charge in [0, 0.05) is 18.7 Å². The molecule has 1 amide bonds. The van der Waals surface area contributed by atoms with Crippen LogP contribution in [0.25, 0.3) is 10.2 Å². The molecule has 1 aliphatic heterocycles. The molecule has 2 heterocycles. The molecule has 0 unspecified atom stereocenters. The van der Waals surface area contributed by atoms with Crippen LogP contribution in [0.1, 0.15) is 41.8 Å². The van der Waals surface area contributed by atoms with Crippen LogP contribution in [-0.2, 0) is 10.0 Å². The summed E-state index contributed by atoms with van der Waals surface area (Å²) in [4.78, 5) is 17.3. The van der Waals surface area contributed by atoms with E-state index in [0.717, 1.165) is 27.8 Å². The van der Waals surface area contributed by atoms with Crippen LogP contribution in [-0.4, -0.2) is 36.7 Å². The Morgan fingerprint density at radius 3 is 2.41 bits per heavy atom. The van der Waals surface area contributed by atoms with Gasteiger partial charge in [-0.1, -0.05) is 31.3 Å². The molecule has 4 rings (SSSR count). The lowest BCUT2D eigenvalue weighted by molar-refractivity contribution is 0.0962. The van der Waals surface area contributed by atoms with E-state index < -0.39 is 10.0 Å². The summed E-state index contributed by atoms with van der Waals surface area (Å²) in [6.07, 6.45) is 1.03. The maximum absolute atomic E-state index is 13.0. The molecule has 1 fully saturated rings. The molecule has 9 heteroatoms. The number of carbonyl (C=O) groups excluding carboxylic acids is 1. The molecule has 7 nitrogen and oxygen atoms in total. The zero-order chi connectivity index (χ0) is 23.0. The number of hydrogen-bond donors (Lipinski definition) is 2. The van der Waals surface area contributed by atoms with Gasteiger partial charge in [-0.15, -0.1) is 0 Å². The van der Waals surface area contributed by atoms with Crippen molar-refractivity contribution in [3.63, 3.8) is 0 Å². The first-order valence-corrected chi connectivity index (χ1v) is 12.9. The van der Waals surface area contributed by atoms with Gasteiger partial charge in [0.2, 0.25) is 15.2 Å². The Hall–Kier alpha value is -2.49. The van der Waals surface area contributed by atoms with E-state index in [1.54, 1.807) is 4.31 Å². The van der Waals surface area contributed by atoms with Gasteiger partial charge in [-0.25, -0.2) is 13.4 Å². The number of amides is 1. The number of hydrazine groups is 1. The first kappa shape index (κ1) is 22.7. The molecule has 2 atom stereocenters. The molecule has 1 aliphatic rings. The Bertz CT molecular complexity index is 1240. The number of carbonyl (C=O) groups is 1. The summed E-state index contributed by atoms with van der Waals surface area (Å²) in [5.41, 5.74) is 9.04. The lowest BCUT2D eigenvalue weighted by Crippen LogP contribution is -2.42. The highest BCUT2D eigenvalue weighted by atomic mass is 32.2. The fourth-order valence-electron chi connectivity index (χ4n) is 4.34. The Kier molecular flexibility index (Phi) is 6.24. The summed E-state index contributed by atoms with van der Waals surface area (Å²) >= 11 is 1.46. The van der Waals surface area contributed by atoms with Gasteiger partial charge in [-0.2, -0.15) is 4.31 Å². The van der Waals surface area contributed by atoms with Gasteiger partial charge in [0.15, 0.2) is 0 Å². The van der Waals surface area contributed by atoms with Crippen LogP contribution in [0.2, 0.25) is 0 Å². The fraction of sp³-hybridized carbons (Fsp3) is 0.391. The van der Waals surface area contributed by atoms with E-state index in [2.05, 4.69) is 41.8 Å².